The predicted octanol–water partition coefficient (Wildman–Crippen LogP) is 1.64. The largest absolute Gasteiger partial charge is 0.378 e. The second kappa shape index (κ2) is 11.4. The lowest BCUT2D eigenvalue weighted by molar-refractivity contribution is 0.0925. The Labute approximate surface area is 226 Å². The van der Waals surface area contributed by atoms with Crippen LogP contribution in [0.15, 0.2) is 24.7 Å². The molecule has 0 radical (unpaired) electrons. The van der Waals surface area contributed by atoms with Crippen molar-refractivity contribution in [3.8, 4) is 0 Å². The number of nitrogens with zero attached hydrogens (tertiary/aromatic N) is 7. The molecule has 3 N–H and O–H groups in total. The van der Waals surface area contributed by atoms with Crippen molar-refractivity contribution >= 4 is 38.5 Å². The molecule has 38 heavy (non-hydrogen) atoms. The number of thiazole rings is 1. The maximum Gasteiger partial charge on any atom is 0.270 e. The molecule has 3 saturated heterocycles. The second-order valence-electron chi connectivity index (χ2n) is 10.4. The molecular formula is C26H35N9O2S. The Morgan fingerprint density at radius 3 is 2.74 bits per heavy atom. The Hall–Kier alpha value is -2.93. The highest BCUT2D eigenvalue weighted by molar-refractivity contribution is 7.21. The molecule has 1 amide bonds. The number of likely N-dealkylation sites (tertiary alicyclic amines) is 1. The molecule has 0 aliphatic carbocycles. The summed E-state index contributed by atoms with van der Waals surface area (Å²) in [5, 5.41) is 4.17. The number of carbonyl (C=O) groups is 1. The SMILES string of the molecule is N[C@@H]1CCCN(Cc2ccnc(C(=O)NC3CCN(c4nc5c(N6CCOCC6)ncnc5s4)CC3)c2)C1. The van der Waals surface area contributed by atoms with E-state index < -0.39 is 0 Å². The Morgan fingerprint density at radius 1 is 1.08 bits per heavy atom. The molecule has 6 rings (SSSR count). The summed E-state index contributed by atoms with van der Waals surface area (Å²) in [6.07, 6.45) is 7.28. The third-order valence-electron chi connectivity index (χ3n) is 7.58. The molecule has 3 aromatic heterocycles. The van der Waals surface area contributed by atoms with Crippen LogP contribution >= 0.6 is 11.3 Å². The van der Waals surface area contributed by atoms with Crippen molar-refractivity contribution in [1.29, 1.82) is 0 Å². The fraction of sp³-hybridized carbons (Fsp3) is 0.577. The molecule has 202 valence electrons. The van der Waals surface area contributed by atoms with Crippen LogP contribution in [0.5, 0.6) is 0 Å². The zero-order chi connectivity index (χ0) is 25.9. The van der Waals surface area contributed by atoms with Crippen LogP contribution in [0.25, 0.3) is 10.3 Å². The third kappa shape index (κ3) is 5.73. The molecule has 6 heterocycles. The number of hydrogen-bond donors (Lipinski definition) is 2. The van der Waals surface area contributed by atoms with Crippen molar-refractivity contribution < 1.29 is 9.53 Å². The van der Waals surface area contributed by atoms with E-state index in [0.717, 1.165) is 98.4 Å². The van der Waals surface area contributed by atoms with Crippen molar-refractivity contribution in [3.63, 3.8) is 0 Å². The van der Waals surface area contributed by atoms with Crippen molar-refractivity contribution in [3.05, 3.63) is 35.9 Å². The number of rotatable bonds is 6. The topological polar surface area (TPSA) is 126 Å². The summed E-state index contributed by atoms with van der Waals surface area (Å²) in [4.78, 5) is 39.1. The van der Waals surface area contributed by atoms with E-state index in [1.165, 1.54) is 0 Å². The van der Waals surface area contributed by atoms with Gasteiger partial charge in [-0.25, -0.2) is 15.0 Å². The van der Waals surface area contributed by atoms with Crippen LogP contribution in [0.3, 0.4) is 0 Å². The highest BCUT2D eigenvalue weighted by Crippen LogP contribution is 2.33. The van der Waals surface area contributed by atoms with Crippen LogP contribution in [-0.4, -0.2) is 95.3 Å². The lowest BCUT2D eigenvalue weighted by Gasteiger charge is -2.32. The Bertz CT molecular complexity index is 1260. The second-order valence-corrected chi connectivity index (χ2v) is 11.3. The predicted molar refractivity (Wildman–Crippen MR) is 148 cm³/mol. The molecule has 0 unspecified atom stereocenters. The maximum atomic E-state index is 13.0. The molecule has 12 heteroatoms. The van der Waals surface area contributed by atoms with Gasteiger partial charge in [0.15, 0.2) is 15.8 Å². The Morgan fingerprint density at radius 2 is 1.92 bits per heavy atom. The van der Waals surface area contributed by atoms with Gasteiger partial charge in [-0.15, -0.1) is 0 Å². The van der Waals surface area contributed by atoms with E-state index in [-0.39, 0.29) is 18.0 Å². The first kappa shape index (κ1) is 25.4. The zero-order valence-electron chi connectivity index (χ0n) is 21.6. The van der Waals surface area contributed by atoms with Gasteiger partial charge in [-0.2, -0.15) is 0 Å². The number of morpholine rings is 1. The van der Waals surface area contributed by atoms with Crippen LogP contribution in [0.4, 0.5) is 10.9 Å². The van der Waals surface area contributed by atoms with Crippen molar-refractivity contribution in [2.45, 2.75) is 44.3 Å². The number of carbonyl (C=O) groups excluding carboxylic acids is 1. The van der Waals surface area contributed by atoms with E-state index in [2.05, 4.69) is 35.0 Å². The molecule has 1 atom stereocenters. The van der Waals surface area contributed by atoms with Crippen LogP contribution in [0, 0.1) is 0 Å². The molecule has 0 spiro atoms. The summed E-state index contributed by atoms with van der Waals surface area (Å²) in [5.74, 6) is 0.784. The number of amides is 1. The maximum absolute atomic E-state index is 13.0. The molecular weight excluding hydrogens is 502 g/mol. The van der Waals surface area contributed by atoms with Crippen LogP contribution in [-0.2, 0) is 11.3 Å². The standard InChI is InChI=1S/C26H35N9O2S/c27-19-2-1-7-33(16-19)15-18-3-6-28-21(14-18)24(36)31-20-4-8-35(9-5-20)26-32-22-23(29-17-30-25(22)38-26)34-10-12-37-13-11-34/h3,6,14,17,19-20H,1-2,4-5,7-13,15-16,27H2,(H,31,36)/t19-/m1/s1. The first-order valence-electron chi connectivity index (χ1n) is 13.6. The normalized spacial score (nSPS) is 21.7. The van der Waals surface area contributed by atoms with Crippen molar-refractivity contribution in [2.24, 2.45) is 5.73 Å². The number of piperidine rings is 2. The van der Waals surface area contributed by atoms with Gasteiger partial charge in [-0.05, 0) is 49.9 Å². The van der Waals surface area contributed by atoms with Crippen LogP contribution < -0.4 is 20.9 Å². The first-order chi connectivity index (χ1) is 18.6. The summed E-state index contributed by atoms with van der Waals surface area (Å²) in [6.45, 7) is 7.44. The number of pyridine rings is 1. The summed E-state index contributed by atoms with van der Waals surface area (Å²) in [7, 11) is 0. The van der Waals surface area contributed by atoms with E-state index in [4.69, 9.17) is 15.5 Å². The molecule has 11 nitrogen and oxygen atoms in total. The minimum Gasteiger partial charge on any atom is -0.378 e. The molecule has 0 saturated carbocycles. The molecule has 3 aliphatic heterocycles. The molecule has 0 aromatic carbocycles. The van der Waals surface area contributed by atoms with Crippen molar-refractivity contribution in [2.75, 3.05) is 62.3 Å². The molecule has 3 fully saturated rings. The quantitative estimate of drug-likeness (QED) is 0.479. The number of nitrogens with one attached hydrogen (secondary N) is 1. The van der Waals surface area contributed by atoms with Gasteiger partial charge in [0, 0.05) is 57.5 Å². The fourth-order valence-corrected chi connectivity index (χ4v) is 6.49. The molecule has 3 aromatic rings. The number of aromatic nitrogens is 4. The third-order valence-corrected chi connectivity index (χ3v) is 8.61. The smallest absolute Gasteiger partial charge is 0.270 e. The van der Waals surface area contributed by atoms with E-state index in [1.54, 1.807) is 23.9 Å². The minimum atomic E-state index is -0.106. The zero-order valence-corrected chi connectivity index (χ0v) is 22.4. The summed E-state index contributed by atoms with van der Waals surface area (Å²) in [6, 6.07) is 4.25. The number of hydrogen-bond acceptors (Lipinski definition) is 11. The van der Waals surface area contributed by atoms with Gasteiger partial charge in [-0.3, -0.25) is 14.7 Å². The van der Waals surface area contributed by atoms with Gasteiger partial charge >= 0.3 is 0 Å². The first-order valence-corrected chi connectivity index (χ1v) is 14.4. The minimum absolute atomic E-state index is 0.106. The van der Waals surface area contributed by atoms with Gasteiger partial charge < -0.3 is 25.6 Å². The summed E-state index contributed by atoms with van der Waals surface area (Å²) in [5.41, 5.74) is 8.57. The number of fused-ring (bicyclic) bond motifs is 1. The van der Waals surface area contributed by atoms with Crippen LogP contribution in [0.2, 0.25) is 0 Å². The van der Waals surface area contributed by atoms with E-state index in [1.807, 2.05) is 12.1 Å². The van der Waals surface area contributed by atoms with Gasteiger partial charge in [0.1, 0.15) is 17.5 Å². The Balaban J connectivity index is 1.05. The number of nitrogens with two attached hydrogens (primary N) is 1. The highest BCUT2D eigenvalue weighted by Gasteiger charge is 2.26. The monoisotopic (exact) mass is 537 g/mol. The lowest BCUT2D eigenvalue weighted by atomic mass is 10.0. The van der Waals surface area contributed by atoms with Gasteiger partial charge in [0.05, 0.1) is 13.2 Å². The van der Waals surface area contributed by atoms with Gasteiger partial charge in [-0.1, -0.05) is 11.3 Å². The Kier molecular flexibility index (Phi) is 7.63. The summed E-state index contributed by atoms with van der Waals surface area (Å²) < 4.78 is 5.49. The van der Waals surface area contributed by atoms with Gasteiger partial charge in [0.2, 0.25) is 0 Å². The van der Waals surface area contributed by atoms with E-state index in [0.29, 0.717) is 18.9 Å². The van der Waals surface area contributed by atoms with Gasteiger partial charge in [0.25, 0.3) is 5.91 Å². The highest BCUT2D eigenvalue weighted by atomic mass is 32.1. The van der Waals surface area contributed by atoms with E-state index >= 15 is 0 Å². The number of ether oxygens (including phenoxy) is 1. The number of anilines is 2. The summed E-state index contributed by atoms with van der Waals surface area (Å²) >= 11 is 1.61. The van der Waals surface area contributed by atoms with Crippen molar-refractivity contribution in [1.82, 2.24) is 30.2 Å². The lowest BCUT2D eigenvalue weighted by Crippen LogP contribution is -2.45. The fourth-order valence-electron chi connectivity index (χ4n) is 5.54. The molecule has 3 aliphatic rings. The average molecular weight is 538 g/mol. The molecule has 0 bridgehead atoms. The average Bonchev–Trinajstić information content (AvgIpc) is 3.39. The van der Waals surface area contributed by atoms with E-state index in [9.17, 15) is 4.79 Å². The van der Waals surface area contributed by atoms with Crippen LogP contribution in [0.1, 0.15) is 41.7 Å².